The number of hydrogen-bond donors (Lipinski definition) is 1. The molecule has 0 bridgehead atoms. The van der Waals surface area contributed by atoms with Crippen molar-refractivity contribution in [2.45, 2.75) is 58.0 Å². The first-order valence-corrected chi connectivity index (χ1v) is 20.4. The minimum Gasteiger partial charge on any atom is -1.00 e. The van der Waals surface area contributed by atoms with Crippen molar-refractivity contribution in [3.05, 3.63) is 57.7 Å². The van der Waals surface area contributed by atoms with Gasteiger partial charge < -0.3 is 25.5 Å². The van der Waals surface area contributed by atoms with Crippen LogP contribution in [0.4, 0.5) is 26.3 Å². The molecule has 1 atom stereocenters. The van der Waals surface area contributed by atoms with Gasteiger partial charge in [-0.25, -0.2) is 26.3 Å². The number of halogens is 6. The molecule has 239 valence electrons. The van der Waals surface area contributed by atoms with E-state index in [1.54, 1.807) is 39.3 Å². The number of carbonyl (C=O) groups excluding carboxylic acids is 1. The van der Waals surface area contributed by atoms with Gasteiger partial charge >= 0.3 is 29.6 Å². The van der Waals surface area contributed by atoms with Crippen molar-refractivity contribution in [1.82, 2.24) is 0 Å². The largest absolute Gasteiger partial charge is 1.00 e. The minimum absolute atomic E-state index is 0. The van der Waals surface area contributed by atoms with E-state index in [0.29, 0.717) is 0 Å². The molecule has 16 heteroatoms. The molecule has 2 aliphatic rings. The van der Waals surface area contributed by atoms with Gasteiger partial charge in [0.25, 0.3) is 0 Å². The number of aliphatic hydroxyl groups excluding tert-OH is 1. The monoisotopic (exact) mass is 673 g/mol. The number of rotatable bonds is 8. The fraction of sp³-hybridized carbons (Fsp3) is 0.536. The first-order chi connectivity index (χ1) is 19.5. The van der Waals surface area contributed by atoms with E-state index in [4.69, 9.17) is 18.9 Å². The molecular formula is C28H37BF6NaO6Si2. The third-order valence-electron chi connectivity index (χ3n) is 6.67. The van der Waals surface area contributed by atoms with Gasteiger partial charge in [0, 0.05) is 35.5 Å². The maximum Gasteiger partial charge on any atom is 1.00 e. The van der Waals surface area contributed by atoms with Gasteiger partial charge in [0.05, 0.1) is 48.1 Å². The second-order valence-electron chi connectivity index (χ2n) is 11.9. The quantitative estimate of drug-likeness (QED) is 0.263. The van der Waals surface area contributed by atoms with Crippen LogP contribution in [0.15, 0.2) is 12.1 Å². The van der Waals surface area contributed by atoms with Crippen LogP contribution in [0.1, 0.15) is 47.2 Å². The molecule has 0 saturated carbocycles. The number of benzene rings is 2. The van der Waals surface area contributed by atoms with Crippen LogP contribution in [0.25, 0.3) is 0 Å². The number of ether oxygens (including phenoxy) is 4. The van der Waals surface area contributed by atoms with Crippen LogP contribution in [0.2, 0.25) is 39.3 Å². The first kappa shape index (κ1) is 41.0. The van der Waals surface area contributed by atoms with E-state index in [2.05, 4.69) is 0 Å². The number of ketones is 1. The van der Waals surface area contributed by atoms with Crippen LogP contribution in [0.5, 0.6) is 0 Å². The van der Waals surface area contributed by atoms with E-state index in [1.165, 1.54) is 0 Å². The summed E-state index contributed by atoms with van der Waals surface area (Å²) < 4.78 is 104. The maximum absolute atomic E-state index is 14.7. The summed E-state index contributed by atoms with van der Waals surface area (Å²) in [4.78, 5) is 11.8. The Labute approximate surface area is 281 Å². The summed E-state index contributed by atoms with van der Waals surface area (Å²) in [6.07, 6.45) is -3.67. The Hall–Kier alpha value is -1.01. The van der Waals surface area contributed by atoms with Crippen molar-refractivity contribution < 1.29 is 86.2 Å². The zero-order valence-corrected chi connectivity index (χ0v) is 30.0. The summed E-state index contributed by atoms with van der Waals surface area (Å²) in [5.41, 5.74) is -0.770. The summed E-state index contributed by atoms with van der Waals surface area (Å²) in [5.74, 6) is -4.33. The van der Waals surface area contributed by atoms with Crippen LogP contribution in [0, 0.1) is 23.3 Å². The number of Topliss-reactive ketones (excluding diaryl/α,β-unsaturated/α-hetero) is 1. The Morgan fingerprint density at radius 3 is 1.59 bits per heavy atom. The first-order valence-electron chi connectivity index (χ1n) is 13.4. The predicted octanol–water partition coefficient (Wildman–Crippen LogP) is 2.00. The average Bonchev–Trinajstić information content (AvgIpc) is 3.61. The van der Waals surface area contributed by atoms with Gasteiger partial charge in [-0.1, -0.05) is 39.3 Å². The molecule has 2 heterocycles. The molecule has 2 saturated heterocycles. The van der Waals surface area contributed by atoms with Crippen LogP contribution < -0.4 is 39.9 Å². The molecule has 2 aromatic rings. The Morgan fingerprint density at radius 2 is 1.20 bits per heavy atom. The van der Waals surface area contributed by atoms with Crippen molar-refractivity contribution in [2.24, 2.45) is 0 Å². The van der Waals surface area contributed by atoms with Crippen molar-refractivity contribution in [2.75, 3.05) is 39.8 Å². The summed E-state index contributed by atoms with van der Waals surface area (Å²) >= 11 is 0. The molecule has 44 heavy (non-hydrogen) atoms. The third-order valence-corrected chi connectivity index (χ3v) is 10.6. The molecular weight excluding hydrogens is 636 g/mol. The Balaban J connectivity index is 0.000000807. The number of aliphatic hydroxyl groups is 1. The normalized spacial score (nSPS) is 16.6. The fourth-order valence-corrected chi connectivity index (χ4v) is 8.04. The Kier molecular flexibility index (Phi) is 15.6. The van der Waals surface area contributed by atoms with Gasteiger partial charge in [0.2, 0.25) is 0 Å². The van der Waals surface area contributed by atoms with Gasteiger partial charge in [-0.2, -0.15) is 0 Å². The topological polar surface area (TPSA) is 74.2 Å². The van der Waals surface area contributed by atoms with Crippen molar-refractivity contribution in [1.29, 1.82) is 0 Å². The standard InChI is InChI=1S/C14H19F3O3Si.C14H17F3O3Si.B.Na.H/c2*1-21(2,3)13-9(16)6-8(14-19-4-5-20-14)11(12(13)17)10(18)7-15;;;/h6,10,14,18H,4-5,7H2,1-3H3;6,14H,4-5,7H2,1-3H3;;;/q;;;+1;-1. The molecule has 2 aromatic carbocycles. The van der Waals surface area contributed by atoms with E-state index in [0.717, 1.165) is 12.1 Å². The zero-order chi connectivity index (χ0) is 31.6. The van der Waals surface area contributed by atoms with Crippen molar-refractivity contribution >= 4 is 40.7 Å². The molecule has 0 aromatic heterocycles. The molecule has 0 amide bonds. The SMILES string of the molecule is C[Si](C)(C)c1c(F)cc(C2OCCO2)c(C(=O)CF)c1F.C[Si](C)(C)c1c(F)cc(C2OCCO2)c(C(O)CF)c1F.[B].[H-].[Na+]. The second-order valence-corrected chi connectivity index (χ2v) is 21.9. The molecule has 6 nitrogen and oxygen atoms in total. The molecule has 1 N–H and O–H groups in total. The molecule has 4 rings (SSSR count). The number of hydrogen-bond acceptors (Lipinski definition) is 6. The molecule has 0 aliphatic carbocycles. The molecule has 3 radical (unpaired) electrons. The zero-order valence-electron chi connectivity index (χ0n) is 27.0. The fourth-order valence-electron chi connectivity index (χ4n) is 4.89. The van der Waals surface area contributed by atoms with Gasteiger partial charge in [-0.3, -0.25) is 4.79 Å². The van der Waals surface area contributed by atoms with E-state index >= 15 is 0 Å². The Bertz CT molecular complexity index is 1310. The van der Waals surface area contributed by atoms with Gasteiger partial charge in [-0.05, 0) is 12.1 Å². The van der Waals surface area contributed by atoms with Crippen molar-refractivity contribution in [3.8, 4) is 0 Å². The van der Waals surface area contributed by atoms with Gasteiger partial charge in [0.15, 0.2) is 25.0 Å². The van der Waals surface area contributed by atoms with E-state index in [9.17, 15) is 36.2 Å². The summed E-state index contributed by atoms with van der Waals surface area (Å²) in [6.45, 7) is 9.17. The minimum atomic E-state index is -2.38. The average molecular weight is 674 g/mol. The number of alkyl halides is 2. The third kappa shape index (κ3) is 9.07. The molecule has 2 aliphatic heterocycles. The van der Waals surface area contributed by atoms with Gasteiger partial charge in [0.1, 0.15) is 36.0 Å². The molecule has 2 fully saturated rings. The van der Waals surface area contributed by atoms with Gasteiger partial charge in [-0.15, -0.1) is 0 Å². The summed E-state index contributed by atoms with van der Waals surface area (Å²) in [5, 5.41) is 9.64. The van der Waals surface area contributed by atoms with E-state index in [1.807, 2.05) is 0 Å². The van der Waals surface area contributed by atoms with Crippen LogP contribution in [-0.2, 0) is 18.9 Å². The molecule has 1 unspecified atom stereocenters. The smallest absolute Gasteiger partial charge is 1.00 e. The van der Waals surface area contributed by atoms with E-state index in [-0.39, 0.29) is 92.9 Å². The van der Waals surface area contributed by atoms with Crippen LogP contribution in [0.3, 0.4) is 0 Å². The predicted molar refractivity (Wildman–Crippen MR) is 156 cm³/mol. The maximum atomic E-state index is 14.7. The van der Waals surface area contributed by atoms with Crippen LogP contribution >= 0.6 is 0 Å². The van der Waals surface area contributed by atoms with Crippen LogP contribution in [-0.4, -0.2) is 75.2 Å². The Morgan fingerprint density at radius 1 is 0.818 bits per heavy atom. The summed E-state index contributed by atoms with van der Waals surface area (Å²) in [7, 11) is -4.72. The van der Waals surface area contributed by atoms with E-state index < -0.39 is 82.8 Å². The molecule has 0 spiro atoms. The summed E-state index contributed by atoms with van der Waals surface area (Å²) in [6, 6.07) is 2.14. The number of carbonyl (C=O) groups is 1. The van der Waals surface area contributed by atoms with Crippen molar-refractivity contribution in [3.63, 3.8) is 0 Å². The second kappa shape index (κ2) is 16.7.